The Balaban J connectivity index is 2.60. The molecule has 70 valence electrons. The summed E-state index contributed by atoms with van der Waals surface area (Å²) in [4.78, 5) is 0. The smallest absolute Gasteiger partial charge is 0.125 e. The van der Waals surface area contributed by atoms with Crippen LogP contribution in [-0.4, -0.2) is 57.8 Å². The average Bonchev–Trinajstić information content (AvgIpc) is 2.33. The molecule has 0 aliphatic carbocycles. The predicted molar refractivity (Wildman–Crippen MR) is 38.0 cm³/mol. The van der Waals surface area contributed by atoms with Gasteiger partial charge in [-0.05, 0) is 0 Å². The highest BCUT2D eigenvalue weighted by atomic mass is 16.6. The molecule has 0 aromatic heterocycles. The summed E-state index contributed by atoms with van der Waals surface area (Å²) in [6, 6.07) is 0. The topological polar surface area (TPSA) is 103 Å². The van der Waals surface area contributed by atoms with Crippen molar-refractivity contribution in [3.8, 4) is 0 Å². The first-order valence-corrected chi connectivity index (χ1v) is 3.50. The van der Waals surface area contributed by atoms with E-state index in [2.05, 4.69) is 5.16 Å². The Morgan fingerprint density at radius 1 is 1.33 bits per heavy atom. The molecule has 1 aliphatic rings. The molecule has 1 fully saturated rings. The number of aliphatic hydroxyl groups is 3. The minimum atomic E-state index is -1.15. The Hall–Kier alpha value is -0.690. The summed E-state index contributed by atoms with van der Waals surface area (Å²) >= 11 is 0. The zero-order chi connectivity index (χ0) is 9.14. The van der Waals surface area contributed by atoms with Crippen LogP contribution in [0.15, 0.2) is 5.16 Å². The first kappa shape index (κ1) is 9.40. The number of rotatable bonds is 2. The summed E-state index contributed by atoms with van der Waals surface area (Å²) in [5.41, 5.74) is 0. The number of hydrogen-bond acceptors (Lipinski definition) is 6. The number of aliphatic hydroxyl groups excluding tert-OH is 3. The zero-order valence-corrected chi connectivity index (χ0v) is 6.24. The molecule has 6 heteroatoms. The standard InChI is InChI=1S/C6H11NO5/c8-2-4-6(10)5(9)3(12-4)1-7-11/h1,3-6,8-11H,2H2/t3?,4-,5?,6-/m1/s1. The molecule has 4 atom stereocenters. The third-order valence-electron chi connectivity index (χ3n) is 1.79. The number of nitrogens with zero attached hydrogens (tertiary/aromatic N) is 1. The third-order valence-corrected chi connectivity index (χ3v) is 1.79. The molecule has 0 bridgehead atoms. The average molecular weight is 177 g/mol. The van der Waals surface area contributed by atoms with Gasteiger partial charge in [0.15, 0.2) is 0 Å². The van der Waals surface area contributed by atoms with Crippen molar-refractivity contribution in [3.63, 3.8) is 0 Å². The van der Waals surface area contributed by atoms with Crippen molar-refractivity contribution in [3.05, 3.63) is 0 Å². The van der Waals surface area contributed by atoms with E-state index in [1.54, 1.807) is 0 Å². The molecule has 0 saturated carbocycles. The van der Waals surface area contributed by atoms with Crippen LogP contribution in [0.1, 0.15) is 0 Å². The van der Waals surface area contributed by atoms with E-state index >= 15 is 0 Å². The molecule has 0 radical (unpaired) electrons. The maximum absolute atomic E-state index is 9.20. The lowest BCUT2D eigenvalue weighted by atomic mass is 10.1. The van der Waals surface area contributed by atoms with Gasteiger partial charge in [0.2, 0.25) is 0 Å². The van der Waals surface area contributed by atoms with Crippen molar-refractivity contribution < 1.29 is 25.3 Å². The lowest BCUT2D eigenvalue weighted by Gasteiger charge is -2.10. The molecule has 6 nitrogen and oxygen atoms in total. The Kier molecular flexibility index (Phi) is 2.99. The van der Waals surface area contributed by atoms with E-state index in [-0.39, 0.29) is 6.61 Å². The molecule has 4 N–H and O–H groups in total. The molecule has 12 heavy (non-hydrogen) atoms. The summed E-state index contributed by atoms with van der Waals surface area (Å²) < 4.78 is 4.92. The van der Waals surface area contributed by atoms with Crippen molar-refractivity contribution in [2.45, 2.75) is 24.4 Å². The van der Waals surface area contributed by atoms with Gasteiger partial charge in [0.05, 0.1) is 12.8 Å². The van der Waals surface area contributed by atoms with Gasteiger partial charge in [-0.3, -0.25) is 0 Å². The van der Waals surface area contributed by atoms with Gasteiger partial charge in [-0.25, -0.2) is 0 Å². The second-order valence-electron chi connectivity index (χ2n) is 2.57. The van der Waals surface area contributed by atoms with Crippen molar-refractivity contribution in [1.82, 2.24) is 0 Å². The van der Waals surface area contributed by atoms with Crippen LogP contribution in [-0.2, 0) is 4.74 Å². The van der Waals surface area contributed by atoms with Crippen molar-refractivity contribution in [1.29, 1.82) is 0 Å². The predicted octanol–water partition coefficient (Wildman–Crippen LogP) is -2.07. The Labute approximate surface area is 68.7 Å². The summed E-state index contributed by atoms with van der Waals surface area (Å²) in [6.45, 7) is -0.381. The molecule has 1 rings (SSSR count). The number of hydrogen-bond donors (Lipinski definition) is 4. The van der Waals surface area contributed by atoms with Crippen LogP contribution in [0.3, 0.4) is 0 Å². The van der Waals surface area contributed by atoms with Crippen LogP contribution in [0.5, 0.6) is 0 Å². The van der Waals surface area contributed by atoms with E-state index in [1.165, 1.54) is 0 Å². The van der Waals surface area contributed by atoms with Crippen LogP contribution in [0.2, 0.25) is 0 Å². The Bertz CT molecular complexity index is 173. The third kappa shape index (κ3) is 1.56. The summed E-state index contributed by atoms with van der Waals surface area (Å²) in [7, 11) is 0. The molecular weight excluding hydrogens is 166 g/mol. The van der Waals surface area contributed by atoms with Gasteiger partial charge in [-0.2, -0.15) is 0 Å². The molecule has 2 unspecified atom stereocenters. The van der Waals surface area contributed by atoms with Gasteiger partial charge < -0.3 is 25.3 Å². The SMILES string of the molecule is OC[C@H]1OC(C=NO)C(O)[C@@H]1O. The van der Waals surface area contributed by atoms with Crippen molar-refractivity contribution >= 4 is 6.21 Å². The summed E-state index contributed by atoms with van der Waals surface area (Å²) in [5, 5.41) is 37.8. The normalized spacial score (nSPS) is 42.6. The highest BCUT2D eigenvalue weighted by molar-refractivity contribution is 5.64. The van der Waals surface area contributed by atoms with E-state index < -0.39 is 24.4 Å². The fraction of sp³-hybridized carbons (Fsp3) is 0.833. The van der Waals surface area contributed by atoms with Crippen LogP contribution in [0.25, 0.3) is 0 Å². The lowest BCUT2D eigenvalue weighted by molar-refractivity contribution is -0.00975. The highest BCUT2D eigenvalue weighted by Crippen LogP contribution is 2.19. The van der Waals surface area contributed by atoms with E-state index in [1.807, 2.05) is 0 Å². The van der Waals surface area contributed by atoms with E-state index in [9.17, 15) is 10.2 Å². The lowest BCUT2D eigenvalue weighted by Crippen LogP contribution is -2.34. The Morgan fingerprint density at radius 2 is 2.00 bits per heavy atom. The van der Waals surface area contributed by atoms with E-state index in [0.717, 1.165) is 6.21 Å². The Morgan fingerprint density at radius 3 is 2.42 bits per heavy atom. The van der Waals surface area contributed by atoms with Gasteiger partial charge in [0.1, 0.15) is 24.4 Å². The van der Waals surface area contributed by atoms with Crippen LogP contribution in [0.4, 0.5) is 0 Å². The largest absolute Gasteiger partial charge is 0.411 e. The quantitative estimate of drug-likeness (QED) is 0.220. The molecule has 0 aromatic rings. The van der Waals surface area contributed by atoms with Gasteiger partial charge in [-0.15, -0.1) is 0 Å². The molecule has 0 spiro atoms. The van der Waals surface area contributed by atoms with Crippen molar-refractivity contribution in [2.24, 2.45) is 5.16 Å². The van der Waals surface area contributed by atoms with Gasteiger partial charge in [0, 0.05) is 0 Å². The first-order chi connectivity index (χ1) is 5.70. The molecule has 1 heterocycles. The van der Waals surface area contributed by atoms with Crippen molar-refractivity contribution in [2.75, 3.05) is 6.61 Å². The first-order valence-electron chi connectivity index (χ1n) is 3.50. The maximum Gasteiger partial charge on any atom is 0.125 e. The number of oxime groups is 1. The molecule has 0 amide bonds. The highest BCUT2D eigenvalue weighted by Gasteiger charge is 2.41. The van der Waals surface area contributed by atoms with E-state index in [4.69, 9.17) is 15.1 Å². The molecule has 1 saturated heterocycles. The molecule has 1 aliphatic heterocycles. The maximum atomic E-state index is 9.20. The second kappa shape index (κ2) is 3.81. The van der Waals surface area contributed by atoms with E-state index in [0.29, 0.717) is 0 Å². The number of ether oxygens (including phenoxy) is 1. The molecule has 0 aromatic carbocycles. The summed E-state index contributed by atoms with van der Waals surface area (Å²) in [5.74, 6) is 0. The van der Waals surface area contributed by atoms with Gasteiger partial charge >= 0.3 is 0 Å². The second-order valence-corrected chi connectivity index (χ2v) is 2.57. The zero-order valence-electron chi connectivity index (χ0n) is 6.24. The molecular formula is C6H11NO5. The van der Waals surface area contributed by atoms with Gasteiger partial charge in [0.25, 0.3) is 0 Å². The monoisotopic (exact) mass is 177 g/mol. The minimum Gasteiger partial charge on any atom is -0.411 e. The fourth-order valence-electron chi connectivity index (χ4n) is 1.12. The van der Waals surface area contributed by atoms with Crippen LogP contribution in [0, 0.1) is 0 Å². The van der Waals surface area contributed by atoms with Crippen LogP contribution < -0.4 is 0 Å². The van der Waals surface area contributed by atoms with Crippen LogP contribution >= 0.6 is 0 Å². The summed E-state index contributed by atoms with van der Waals surface area (Å²) in [6.07, 6.45) is -3.01. The minimum absolute atomic E-state index is 0.381. The fourth-order valence-corrected chi connectivity index (χ4v) is 1.12. The van der Waals surface area contributed by atoms with Gasteiger partial charge in [-0.1, -0.05) is 5.16 Å².